The van der Waals surface area contributed by atoms with Gasteiger partial charge >= 0.3 is 0 Å². The Balaban J connectivity index is 1.89. The van der Waals surface area contributed by atoms with Crippen LogP contribution >= 0.6 is 15.9 Å². The van der Waals surface area contributed by atoms with Gasteiger partial charge < -0.3 is 14.2 Å². The molecule has 0 aliphatic rings. The van der Waals surface area contributed by atoms with E-state index in [2.05, 4.69) is 15.9 Å². The van der Waals surface area contributed by atoms with E-state index in [1.165, 1.54) is 6.08 Å². The van der Waals surface area contributed by atoms with Crippen LogP contribution in [0.5, 0.6) is 17.2 Å². The predicted molar refractivity (Wildman–Crippen MR) is 139 cm³/mol. The van der Waals surface area contributed by atoms with Crippen molar-refractivity contribution < 1.29 is 19.0 Å². The van der Waals surface area contributed by atoms with Gasteiger partial charge in [0.25, 0.3) is 0 Å². The number of carbonyl (C=O) groups excluding carboxylic acids is 1. The van der Waals surface area contributed by atoms with Crippen molar-refractivity contribution in [2.75, 3.05) is 21.3 Å². The predicted octanol–water partition coefficient (Wildman–Crippen LogP) is 6.94. The standard InChI is InChI=1S/C28H25BrO4/c1-31-24-15-9-20(10-16-24)8-11-22-18-25(32-2)19-28(33-3)26(22)17-14-23(30)13-12-21-6-4-5-7-27(21)29/h4-19H,1-3H3/b11-8+,13-12+,17-14+. The average Bonchev–Trinajstić information content (AvgIpc) is 2.85. The molecule has 3 rings (SSSR count). The van der Waals surface area contributed by atoms with Crippen molar-refractivity contribution in [1.29, 1.82) is 0 Å². The van der Waals surface area contributed by atoms with Gasteiger partial charge in [-0.25, -0.2) is 0 Å². The molecule has 0 saturated carbocycles. The zero-order valence-corrected chi connectivity index (χ0v) is 20.3. The number of allylic oxidation sites excluding steroid dienone is 2. The van der Waals surface area contributed by atoms with Crippen LogP contribution in [0.1, 0.15) is 22.3 Å². The highest BCUT2D eigenvalue weighted by atomic mass is 79.9. The number of ether oxygens (including phenoxy) is 3. The summed E-state index contributed by atoms with van der Waals surface area (Å²) >= 11 is 3.48. The van der Waals surface area contributed by atoms with Crippen molar-refractivity contribution in [2.45, 2.75) is 0 Å². The normalized spacial score (nSPS) is 11.4. The molecule has 0 atom stereocenters. The van der Waals surface area contributed by atoms with Crippen LogP contribution in [0.15, 0.2) is 77.3 Å². The molecule has 3 aromatic carbocycles. The molecule has 168 valence electrons. The first-order valence-electron chi connectivity index (χ1n) is 10.3. The molecule has 0 saturated heterocycles. The maximum Gasteiger partial charge on any atom is 0.178 e. The number of methoxy groups -OCH3 is 3. The fourth-order valence-electron chi connectivity index (χ4n) is 3.13. The molecule has 33 heavy (non-hydrogen) atoms. The summed E-state index contributed by atoms with van der Waals surface area (Å²) in [7, 11) is 4.84. The van der Waals surface area contributed by atoms with E-state index in [9.17, 15) is 4.79 Å². The lowest BCUT2D eigenvalue weighted by molar-refractivity contribution is -0.110. The van der Waals surface area contributed by atoms with Crippen LogP contribution < -0.4 is 14.2 Å². The average molecular weight is 505 g/mol. The molecule has 5 heteroatoms. The van der Waals surface area contributed by atoms with Gasteiger partial charge in [-0.2, -0.15) is 0 Å². The zero-order chi connectivity index (χ0) is 23.6. The van der Waals surface area contributed by atoms with Gasteiger partial charge in [0.1, 0.15) is 17.2 Å². The van der Waals surface area contributed by atoms with E-state index in [0.29, 0.717) is 11.5 Å². The molecule has 0 amide bonds. The summed E-state index contributed by atoms with van der Waals surface area (Å²) < 4.78 is 17.1. The quantitative estimate of drug-likeness (QED) is 0.234. The fraction of sp³-hybridized carbons (Fsp3) is 0.107. The molecule has 0 N–H and O–H groups in total. The van der Waals surface area contributed by atoms with Crippen molar-refractivity contribution in [3.63, 3.8) is 0 Å². The van der Waals surface area contributed by atoms with Crippen LogP contribution in [0, 0.1) is 0 Å². The third kappa shape index (κ3) is 6.70. The van der Waals surface area contributed by atoms with E-state index >= 15 is 0 Å². The first kappa shape index (κ1) is 24.1. The minimum absolute atomic E-state index is 0.131. The summed E-state index contributed by atoms with van der Waals surface area (Å²) in [5.74, 6) is 1.95. The summed E-state index contributed by atoms with van der Waals surface area (Å²) in [4.78, 5) is 12.5. The molecular weight excluding hydrogens is 480 g/mol. The summed E-state index contributed by atoms with van der Waals surface area (Å²) in [5, 5.41) is 0. The van der Waals surface area contributed by atoms with E-state index in [1.54, 1.807) is 45.6 Å². The van der Waals surface area contributed by atoms with Crippen LogP contribution in [-0.4, -0.2) is 27.1 Å². The third-order valence-corrected chi connectivity index (χ3v) is 5.64. The molecule has 0 fully saturated rings. The lowest BCUT2D eigenvalue weighted by Gasteiger charge is -2.11. The number of hydrogen-bond donors (Lipinski definition) is 0. The fourth-order valence-corrected chi connectivity index (χ4v) is 3.55. The second-order valence-electron chi connectivity index (χ2n) is 7.03. The lowest BCUT2D eigenvalue weighted by atomic mass is 10.0. The van der Waals surface area contributed by atoms with Crippen LogP contribution in [0.25, 0.3) is 24.3 Å². The third-order valence-electron chi connectivity index (χ3n) is 4.92. The van der Waals surface area contributed by atoms with Gasteiger partial charge in [-0.15, -0.1) is 0 Å². The van der Waals surface area contributed by atoms with E-state index < -0.39 is 0 Å². The minimum Gasteiger partial charge on any atom is -0.497 e. The molecule has 0 heterocycles. The number of rotatable bonds is 9. The number of carbonyl (C=O) groups is 1. The van der Waals surface area contributed by atoms with Gasteiger partial charge in [-0.3, -0.25) is 4.79 Å². The monoisotopic (exact) mass is 504 g/mol. The summed E-state index contributed by atoms with van der Waals surface area (Å²) in [5.41, 5.74) is 3.59. The van der Waals surface area contributed by atoms with E-state index in [0.717, 1.165) is 32.5 Å². The molecule has 0 spiro atoms. The summed E-state index contributed by atoms with van der Waals surface area (Å²) in [6, 6.07) is 19.2. The Morgan fingerprint density at radius 1 is 0.727 bits per heavy atom. The Kier molecular flexibility index (Phi) is 8.67. The smallest absolute Gasteiger partial charge is 0.178 e. The van der Waals surface area contributed by atoms with Gasteiger partial charge in [0, 0.05) is 16.1 Å². The van der Waals surface area contributed by atoms with Gasteiger partial charge in [-0.05, 0) is 65.3 Å². The van der Waals surface area contributed by atoms with Gasteiger partial charge in [0.2, 0.25) is 0 Å². The molecular formula is C28H25BrO4. The molecule has 0 aliphatic carbocycles. The first-order valence-corrected chi connectivity index (χ1v) is 11.1. The van der Waals surface area contributed by atoms with Crippen molar-refractivity contribution in [3.05, 3.63) is 99.5 Å². The Labute approximate surface area is 202 Å². The first-order chi connectivity index (χ1) is 16.0. The topological polar surface area (TPSA) is 44.8 Å². The summed E-state index contributed by atoms with van der Waals surface area (Å²) in [6.07, 6.45) is 10.6. The molecule has 0 aromatic heterocycles. The largest absolute Gasteiger partial charge is 0.497 e. The maximum atomic E-state index is 12.5. The Morgan fingerprint density at radius 2 is 1.42 bits per heavy atom. The maximum absolute atomic E-state index is 12.5. The highest BCUT2D eigenvalue weighted by Gasteiger charge is 2.09. The number of benzene rings is 3. The number of ketones is 1. The van der Waals surface area contributed by atoms with Crippen LogP contribution in [0.3, 0.4) is 0 Å². The second-order valence-corrected chi connectivity index (χ2v) is 7.88. The molecule has 0 bridgehead atoms. The van der Waals surface area contributed by atoms with Gasteiger partial charge in [0.15, 0.2) is 5.78 Å². The Bertz CT molecular complexity index is 1190. The SMILES string of the molecule is COc1ccc(/C=C/c2cc(OC)cc(OC)c2/C=C/C(=O)/C=C/c2ccccc2Br)cc1. The minimum atomic E-state index is -0.131. The molecule has 4 nitrogen and oxygen atoms in total. The highest BCUT2D eigenvalue weighted by molar-refractivity contribution is 9.10. The van der Waals surface area contributed by atoms with Gasteiger partial charge in [0.05, 0.1) is 21.3 Å². The molecule has 0 radical (unpaired) electrons. The Morgan fingerprint density at radius 3 is 2.09 bits per heavy atom. The number of hydrogen-bond acceptors (Lipinski definition) is 4. The summed E-state index contributed by atoms with van der Waals surface area (Å²) in [6.45, 7) is 0. The van der Waals surface area contributed by atoms with Crippen LogP contribution in [0.4, 0.5) is 0 Å². The Hall–Kier alpha value is -3.57. The van der Waals surface area contributed by atoms with E-state index in [-0.39, 0.29) is 5.78 Å². The van der Waals surface area contributed by atoms with Crippen molar-refractivity contribution in [1.82, 2.24) is 0 Å². The lowest BCUT2D eigenvalue weighted by Crippen LogP contribution is -1.94. The zero-order valence-electron chi connectivity index (χ0n) is 18.7. The van der Waals surface area contributed by atoms with Gasteiger partial charge in [-0.1, -0.05) is 58.4 Å². The van der Waals surface area contributed by atoms with Crippen molar-refractivity contribution in [2.24, 2.45) is 0 Å². The van der Waals surface area contributed by atoms with Crippen molar-refractivity contribution in [3.8, 4) is 17.2 Å². The number of halogens is 1. The molecule has 0 unspecified atom stereocenters. The van der Waals surface area contributed by atoms with Crippen LogP contribution in [0.2, 0.25) is 0 Å². The molecule has 0 aliphatic heterocycles. The highest BCUT2D eigenvalue weighted by Crippen LogP contribution is 2.31. The van der Waals surface area contributed by atoms with E-state index in [1.807, 2.05) is 66.7 Å². The van der Waals surface area contributed by atoms with Crippen molar-refractivity contribution >= 4 is 46.0 Å². The van der Waals surface area contributed by atoms with Crippen LogP contribution in [-0.2, 0) is 4.79 Å². The second kappa shape index (κ2) is 11.9. The van der Waals surface area contributed by atoms with E-state index in [4.69, 9.17) is 14.2 Å². The molecule has 3 aromatic rings.